The Labute approximate surface area is 171 Å². The number of piperazine rings is 1. The third-order valence-electron chi connectivity index (χ3n) is 5.58. The van der Waals surface area contributed by atoms with Gasteiger partial charge in [0.1, 0.15) is 5.70 Å². The summed E-state index contributed by atoms with van der Waals surface area (Å²) in [4.78, 5) is 15.2. The summed E-state index contributed by atoms with van der Waals surface area (Å²) in [5.41, 5.74) is 5.45. The highest BCUT2D eigenvalue weighted by Crippen LogP contribution is 2.32. The lowest BCUT2D eigenvalue weighted by molar-refractivity contribution is -0.134. The maximum Gasteiger partial charge on any atom is 0.271 e. The molecule has 1 amide bonds. The third kappa shape index (κ3) is 3.96. The number of hydrogen-bond acceptors (Lipinski definition) is 3. The molecule has 0 bridgehead atoms. The summed E-state index contributed by atoms with van der Waals surface area (Å²) in [6.45, 7) is 4.52. The number of carbonyl (C=O) groups is 1. The van der Waals surface area contributed by atoms with Crippen molar-refractivity contribution >= 4 is 17.5 Å². The number of fused-ring (bicyclic) bond motifs is 1. The average Bonchev–Trinajstić information content (AvgIpc) is 3.37. The molecule has 3 heterocycles. The SMILES string of the molecule is CCCCC1CN(CCn2cccc2)C(=O)C2=CC(c3ccc(Cl)cc3)NN21. The molecule has 2 aliphatic heterocycles. The van der Waals surface area contributed by atoms with Gasteiger partial charge in [0.25, 0.3) is 5.91 Å². The van der Waals surface area contributed by atoms with Gasteiger partial charge in [-0.2, -0.15) is 0 Å². The number of hydrogen-bond donors (Lipinski definition) is 1. The van der Waals surface area contributed by atoms with Crippen LogP contribution in [0.2, 0.25) is 5.02 Å². The lowest BCUT2D eigenvalue weighted by Crippen LogP contribution is -2.57. The van der Waals surface area contributed by atoms with E-state index in [0.29, 0.717) is 6.04 Å². The van der Waals surface area contributed by atoms with Crippen LogP contribution in [-0.4, -0.2) is 39.5 Å². The fourth-order valence-corrected chi connectivity index (χ4v) is 4.13. The van der Waals surface area contributed by atoms with Crippen molar-refractivity contribution < 1.29 is 4.79 Å². The predicted octanol–water partition coefficient (Wildman–Crippen LogP) is 3.99. The third-order valence-corrected chi connectivity index (χ3v) is 5.83. The Morgan fingerprint density at radius 2 is 1.89 bits per heavy atom. The van der Waals surface area contributed by atoms with E-state index in [0.717, 1.165) is 55.2 Å². The summed E-state index contributed by atoms with van der Waals surface area (Å²) in [6, 6.07) is 12.2. The van der Waals surface area contributed by atoms with E-state index in [1.54, 1.807) is 0 Å². The van der Waals surface area contributed by atoms with Crippen molar-refractivity contribution in [2.75, 3.05) is 13.1 Å². The van der Waals surface area contributed by atoms with Gasteiger partial charge in [0.15, 0.2) is 0 Å². The Kier molecular flexibility index (Phi) is 5.74. The van der Waals surface area contributed by atoms with E-state index in [1.807, 2.05) is 53.7 Å². The second-order valence-corrected chi connectivity index (χ2v) is 7.98. The minimum Gasteiger partial charge on any atom is -0.352 e. The first-order chi connectivity index (χ1) is 13.7. The Morgan fingerprint density at radius 1 is 1.14 bits per heavy atom. The van der Waals surface area contributed by atoms with Crippen LogP contribution in [-0.2, 0) is 11.3 Å². The summed E-state index contributed by atoms with van der Waals surface area (Å²) in [5, 5.41) is 2.84. The van der Waals surface area contributed by atoms with Crippen LogP contribution < -0.4 is 5.43 Å². The molecule has 2 atom stereocenters. The summed E-state index contributed by atoms with van der Waals surface area (Å²) in [6.07, 6.45) is 9.53. The molecule has 1 saturated heterocycles. The smallest absolute Gasteiger partial charge is 0.271 e. The first-order valence-corrected chi connectivity index (χ1v) is 10.5. The zero-order chi connectivity index (χ0) is 19.5. The normalized spacial score (nSPS) is 21.8. The maximum absolute atomic E-state index is 13.2. The number of aromatic nitrogens is 1. The molecule has 0 spiro atoms. The van der Waals surface area contributed by atoms with Crippen LogP contribution in [0.15, 0.2) is 60.6 Å². The molecule has 0 saturated carbocycles. The first-order valence-electron chi connectivity index (χ1n) is 10.1. The first kappa shape index (κ1) is 19.1. The van der Waals surface area contributed by atoms with Crippen LogP contribution in [0.4, 0.5) is 0 Å². The van der Waals surface area contributed by atoms with Crippen LogP contribution in [0.5, 0.6) is 0 Å². The van der Waals surface area contributed by atoms with Crippen LogP contribution in [0.1, 0.15) is 37.8 Å². The van der Waals surface area contributed by atoms with Gasteiger partial charge < -0.3 is 9.47 Å². The Bertz CT molecular complexity index is 831. The van der Waals surface area contributed by atoms with Crippen molar-refractivity contribution in [1.29, 1.82) is 0 Å². The van der Waals surface area contributed by atoms with Crippen molar-refractivity contribution in [2.45, 2.75) is 44.8 Å². The molecule has 6 heteroatoms. The topological polar surface area (TPSA) is 40.5 Å². The van der Waals surface area contributed by atoms with Gasteiger partial charge in [0.05, 0.1) is 12.1 Å². The molecule has 4 rings (SSSR count). The zero-order valence-electron chi connectivity index (χ0n) is 16.2. The highest BCUT2D eigenvalue weighted by Gasteiger charge is 2.40. The van der Waals surface area contributed by atoms with E-state index in [2.05, 4.69) is 28.0 Å². The number of unbranched alkanes of at least 4 members (excludes halogenated alkanes) is 1. The van der Waals surface area contributed by atoms with Gasteiger partial charge in [-0.05, 0) is 42.3 Å². The molecule has 28 heavy (non-hydrogen) atoms. The van der Waals surface area contributed by atoms with E-state index in [4.69, 9.17) is 11.6 Å². The molecule has 5 nitrogen and oxygen atoms in total. The largest absolute Gasteiger partial charge is 0.352 e. The van der Waals surface area contributed by atoms with Gasteiger partial charge in [0, 0.05) is 37.1 Å². The van der Waals surface area contributed by atoms with Gasteiger partial charge in [-0.25, -0.2) is 5.43 Å². The molecule has 1 aromatic carbocycles. The summed E-state index contributed by atoms with van der Waals surface area (Å²) >= 11 is 6.03. The fourth-order valence-electron chi connectivity index (χ4n) is 4.00. The number of rotatable bonds is 7. The lowest BCUT2D eigenvalue weighted by atomic mass is 10.0. The molecule has 2 aliphatic rings. The predicted molar refractivity (Wildman–Crippen MR) is 112 cm³/mol. The van der Waals surface area contributed by atoms with Gasteiger partial charge in [-0.15, -0.1) is 0 Å². The quantitative estimate of drug-likeness (QED) is 0.766. The number of amides is 1. The standard InChI is InChI=1S/C22H27ClN4O/c1-2-3-6-19-16-26(14-13-25-11-4-5-12-25)22(28)21-15-20(24-27(19)21)17-7-9-18(23)10-8-17/h4-5,7-12,15,19-20,24H,2-3,6,13-14,16H2,1H3. The summed E-state index contributed by atoms with van der Waals surface area (Å²) < 4.78 is 2.12. The van der Waals surface area contributed by atoms with Crippen LogP contribution >= 0.6 is 11.6 Å². The van der Waals surface area contributed by atoms with Crippen molar-refractivity contribution in [2.24, 2.45) is 0 Å². The van der Waals surface area contributed by atoms with Gasteiger partial charge in [-0.3, -0.25) is 9.80 Å². The van der Waals surface area contributed by atoms with Crippen molar-refractivity contribution in [1.82, 2.24) is 19.9 Å². The lowest BCUT2D eigenvalue weighted by Gasteiger charge is -2.41. The van der Waals surface area contributed by atoms with Crippen molar-refractivity contribution in [3.63, 3.8) is 0 Å². The molecule has 1 N–H and O–H groups in total. The number of nitrogens with zero attached hydrogens (tertiary/aromatic N) is 3. The number of hydrazine groups is 1. The number of benzene rings is 1. The van der Waals surface area contributed by atoms with Gasteiger partial charge >= 0.3 is 0 Å². The van der Waals surface area contributed by atoms with Crippen molar-refractivity contribution in [3.05, 3.63) is 71.2 Å². The molecule has 0 aliphatic carbocycles. The number of halogens is 1. The van der Waals surface area contributed by atoms with E-state index in [1.165, 1.54) is 0 Å². The molecule has 1 fully saturated rings. The van der Waals surface area contributed by atoms with E-state index in [-0.39, 0.29) is 11.9 Å². The van der Waals surface area contributed by atoms with Crippen LogP contribution in [0, 0.1) is 0 Å². The Balaban J connectivity index is 1.53. The fraction of sp³-hybridized carbons (Fsp3) is 0.409. The molecule has 148 valence electrons. The average molecular weight is 399 g/mol. The second kappa shape index (κ2) is 8.41. The molecule has 2 unspecified atom stereocenters. The molecular formula is C22H27ClN4O. The summed E-state index contributed by atoms with van der Waals surface area (Å²) in [7, 11) is 0. The van der Waals surface area contributed by atoms with E-state index >= 15 is 0 Å². The number of nitrogens with one attached hydrogen (secondary N) is 1. The highest BCUT2D eigenvalue weighted by molar-refractivity contribution is 6.30. The van der Waals surface area contributed by atoms with E-state index < -0.39 is 0 Å². The monoisotopic (exact) mass is 398 g/mol. The highest BCUT2D eigenvalue weighted by atomic mass is 35.5. The number of carbonyl (C=O) groups excluding carboxylic acids is 1. The van der Waals surface area contributed by atoms with E-state index in [9.17, 15) is 4.79 Å². The molecule has 2 aromatic rings. The minimum atomic E-state index is 0.00439. The Hall–Kier alpha value is -2.24. The van der Waals surface area contributed by atoms with Gasteiger partial charge in [-0.1, -0.05) is 43.5 Å². The van der Waals surface area contributed by atoms with Crippen LogP contribution in [0.3, 0.4) is 0 Å². The summed E-state index contributed by atoms with van der Waals surface area (Å²) in [5.74, 6) is 0.115. The molecule has 0 radical (unpaired) electrons. The minimum absolute atomic E-state index is 0.00439. The van der Waals surface area contributed by atoms with Crippen molar-refractivity contribution in [3.8, 4) is 0 Å². The molecule has 1 aromatic heterocycles. The Morgan fingerprint density at radius 3 is 2.61 bits per heavy atom. The maximum atomic E-state index is 13.2. The van der Waals surface area contributed by atoms with Gasteiger partial charge in [0.2, 0.25) is 0 Å². The molecular weight excluding hydrogens is 372 g/mol. The second-order valence-electron chi connectivity index (χ2n) is 7.55. The van der Waals surface area contributed by atoms with Crippen LogP contribution in [0.25, 0.3) is 0 Å². The zero-order valence-corrected chi connectivity index (χ0v) is 17.0.